The van der Waals surface area contributed by atoms with Gasteiger partial charge in [-0.15, -0.1) is 0 Å². The molecule has 0 aliphatic heterocycles. The average molecular weight is 260 g/mol. The lowest BCUT2D eigenvalue weighted by atomic mass is 10.0. The number of carbonyl (C=O) groups excluding carboxylic acids is 1. The first-order valence-corrected chi connectivity index (χ1v) is 6.45. The number of carbonyl (C=O) groups is 1. The van der Waals surface area contributed by atoms with E-state index in [1.54, 1.807) is 14.0 Å². The van der Waals surface area contributed by atoms with E-state index in [4.69, 9.17) is 15.2 Å². The number of hydrogen-bond acceptors (Lipinski definition) is 4. The van der Waals surface area contributed by atoms with Gasteiger partial charge in [-0.25, -0.2) is 0 Å². The number of rotatable bonds is 10. The molecule has 5 heteroatoms. The third-order valence-electron chi connectivity index (χ3n) is 3.10. The Morgan fingerprint density at radius 3 is 2.39 bits per heavy atom. The van der Waals surface area contributed by atoms with Crippen molar-refractivity contribution in [2.45, 2.75) is 51.7 Å². The Balaban J connectivity index is 4.09. The summed E-state index contributed by atoms with van der Waals surface area (Å²) in [5.74, 6) is -0.387. The molecule has 0 heterocycles. The summed E-state index contributed by atoms with van der Waals surface area (Å²) in [6, 6.07) is 0. The number of nitrogens with two attached hydrogens (primary N) is 1. The highest BCUT2D eigenvalue weighted by molar-refractivity contribution is 5.84. The second-order valence-electron chi connectivity index (χ2n) is 5.39. The molecule has 1 unspecified atom stereocenters. The summed E-state index contributed by atoms with van der Waals surface area (Å²) in [5.41, 5.74) is 4.39. The van der Waals surface area contributed by atoms with Crippen LogP contribution in [0, 0.1) is 0 Å². The fourth-order valence-corrected chi connectivity index (χ4v) is 1.31. The van der Waals surface area contributed by atoms with Crippen LogP contribution in [0.15, 0.2) is 0 Å². The lowest BCUT2D eigenvalue weighted by Crippen LogP contribution is -2.56. The quantitative estimate of drug-likeness (QED) is 0.576. The lowest BCUT2D eigenvalue weighted by molar-refractivity contribution is -0.126. The molecule has 0 bridgehead atoms. The predicted molar refractivity (Wildman–Crippen MR) is 72.4 cm³/mol. The zero-order valence-electron chi connectivity index (χ0n) is 12.3. The van der Waals surface area contributed by atoms with Gasteiger partial charge in [0.15, 0.2) is 0 Å². The van der Waals surface area contributed by atoms with Crippen LogP contribution in [0.5, 0.6) is 0 Å². The van der Waals surface area contributed by atoms with E-state index in [0.717, 1.165) is 19.4 Å². The fraction of sp³-hybridized carbons (Fsp3) is 0.923. The first kappa shape index (κ1) is 17.4. The summed E-state index contributed by atoms with van der Waals surface area (Å²) in [6.07, 6.45) is 1.71. The van der Waals surface area contributed by atoms with E-state index in [0.29, 0.717) is 6.61 Å². The fourth-order valence-electron chi connectivity index (χ4n) is 1.31. The molecular weight excluding hydrogens is 232 g/mol. The summed E-state index contributed by atoms with van der Waals surface area (Å²) < 4.78 is 10.8. The number of primary amides is 1. The van der Waals surface area contributed by atoms with Gasteiger partial charge in [-0.1, -0.05) is 6.92 Å². The van der Waals surface area contributed by atoms with Gasteiger partial charge < -0.3 is 20.5 Å². The van der Waals surface area contributed by atoms with E-state index in [-0.39, 0.29) is 18.1 Å². The van der Waals surface area contributed by atoms with Gasteiger partial charge in [0, 0.05) is 13.7 Å². The normalized spacial score (nSPS) is 15.4. The van der Waals surface area contributed by atoms with Crippen molar-refractivity contribution in [1.82, 2.24) is 5.32 Å². The monoisotopic (exact) mass is 260 g/mol. The van der Waals surface area contributed by atoms with Crippen molar-refractivity contribution in [3.05, 3.63) is 0 Å². The number of hydrogen-bond donors (Lipinski definition) is 2. The van der Waals surface area contributed by atoms with Crippen LogP contribution in [0.3, 0.4) is 0 Å². The molecule has 18 heavy (non-hydrogen) atoms. The largest absolute Gasteiger partial charge is 0.379 e. The van der Waals surface area contributed by atoms with Crippen molar-refractivity contribution < 1.29 is 14.3 Å². The zero-order valence-corrected chi connectivity index (χ0v) is 12.3. The minimum absolute atomic E-state index is 0.208. The maximum absolute atomic E-state index is 11.4. The molecular formula is C13H28N2O3. The van der Waals surface area contributed by atoms with Crippen LogP contribution >= 0.6 is 0 Å². The number of ether oxygens (including phenoxy) is 2. The average Bonchev–Trinajstić information content (AvgIpc) is 2.32. The van der Waals surface area contributed by atoms with E-state index >= 15 is 0 Å². The van der Waals surface area contributed by atoms with Crippen molar-refractivity contribution in [2.75, 3.05) is 26.9 Å². The van der Waals surface area contributed by atoms with Crippen LogP contribution in [0.1, 0.15) is 40.5 Å². The summed E-state index contributed by atoms with van der Waals surface area (Å²) in [5, 5.41) is 3.13. The first-order chi connectivity index (χ1) is 8.27. The predicted octanol–water partition coefficient (Wildman–Crippen LogP) is 1.06. The number of methoxy groups -OCH3 is 1. The van der Waals surface area contributed by atoms with Crippen LogP contribution in [-0.4, -0.2) is 43.9 Å². The Morgan fingerprint density at radius 1 is 1.33 bits per heavy atom. The van der Waals surface area contributed by atoms with Crippen molar-refractivity contribution in [1.29, 1.82) is 0 Å². The molecule has 0 saturated heterocycles. The summed E-state index contributed by atoms with van der Waals surface area (Å²) >= 11 is 0. The highest BCUT2D eigenvalue weighted by Gasteiger charge is 2.30. The molecule has 108 valence electrons. The van der Waals surface area contributed by atoms with Gasteiger partial charge in [0.2, 0.25) is 5.91 Å². The molecule has 5 nitrogen and oxygen atoms in total. The third kappa shape index (κ3) is 6.33. The van der Waals surface area contributed by atoms with Crippen LogP contribution in [0.2, 0.25) is 0 Å². The van der Waals surface area contributed by atoms with Crippen molar-refractivity contribution in [3.63, 3.8) is 0 Å². The molecule has 0 saturated carbocycles. The topological polar surface area (TPSA) is 73.6 Å². The molecule has 0 rings (SSSR count). The number of amides is 1. The second-order valence-corrected chi connectivity index (χ2v) is 5.39. The highest BCUT2D eigenvalue weighted by Crippen LogP contribution is 2.13. The van der Waals surface area contributed by atoms with Gasteiger partial charge in [0.25, 0.3) is 0 Å². The van der Waals surface area contributed by atoms with Gasteiger partial charge in [0.05, 0.1) is 12.2 Å². The third-order valence-corrected chi connectivity index (χ3v) is 3.10. The molecule has 0 spiro atoms. The molecule has 0 aromatic rings. The van der Waals surface area contributed by atoms with Crippen LogP contribution in [-0.2, 0) is 14.3 Å². The standard InChI is InChI=1S/C13H28N2O3/c1-6-8-15-13(4,11(14)16)10-18-9-7-12(2,3)17-5/h15H,6-10H2,1-5H3,(H2,14,16). The van der Waals surface area contributed by atoms with E-state index < -0.39 is 5.54 Å². The molecule has 3 N–H and O–H groups in total. The van der Waals surface area contributed by atoms with E-state index in [1.807, 2.05) is 20.8 Å². The van der Waals surface area contributed by atoms with E-state index in [2.05, 4.69) is 5.32 Å². The Bertz CT molecular complexity index is 257. The van der Waals surface area contributed by atoms with Gasteiger partial charge in [-0.2, -0.15) is 0 Å². The molecule has 1 atom stereocenters. The Hall–Kier alpha value is -0.650. The molecule has 0 fully saturated rings. The Kier molecular flexibility index (Phi) is 7.43. The SMILES string of the molecule is CCCNC(C)(COCCC(C)(C)OC)C(N)=O. The maximum Gasteiger partial charge on any atom is 0.239 e. The molecule has 0 aliphatic carbocycles. The Labute approximate surface area is 110 Å². The van der Waals surface area contributed by atoms with Crippen LogP contribution in [0.25, 0.3) is 0 Å². The van der Waals surface area contributed by atoms with Crippen LogP contribution in [0.4, 0.5) is 0 Å². The smallest absolute Gasteiger partial charge is 0.239 e. The zero-order chi connectivity index (χ0) is 14.2. The van der Waals surface area contributed by atoms with Gasteiger partial charge in [-0.05, 0) is 40.2 Å². The van der Waals surface area contributed by atoms with Gasteiger partial charge in [-0.3, -0.25) is 4.79 Å². The van der Waals surface area contributed by atoms with Crippen molar-refractivity contribution in [3.8, 4) is 0 Å². The van der Waals surface area contributed by atoms with Gasteiger partial charge in [0.1, 0.15) is 5.54 Å². The van der Waals surface area contributed by atoms with Crippen LogP contribution < -0.4 is 11.1 Å². The molecule has 0 radical (unpaired) electrons. The maximum atomic E-state index is 11.4. The van der Waals surface area contributed by atoms with Crippen molar-refractivity contribution in [2.24, 2.45) is 5.73 Å². The first-order valence-electron chi connectivity index (χ1n) is 6.45. The molecule has 0 aromatic heterocycles. The summed E-state index contributed by atoms with van der Waals surface area (Å²) in [7, 11) is 1.68. The summed E-state index contributed by atoms with van der Waals surface area (Å²) in [4.78, 5) is 11.4. The minimum atomic E-state index is -0.798. The summed E-state index contributed by atoms with van der Waals surface area (Å²) in [6.45, 7) is 9.37. The Morgan fingerprint density at radius 2 is 1.94 bits per heavy atom. The second kappa shape index (κ2) is 7.71. The minimum Gasteiger partial charge on any atom is -0.379 e. The lowest BCUT2D eigenvalue weighted by Gasteiger charge is -2.28. The molecule has 1 amide bonds. The van der Waals surface area contributed by atoms with E-state index in [9.17, 15) is 4.79 Å². The van der Waals surface area contributed by atoms with Gasteiger partial charge >= 0.3 is 0 Å². The number of nitrogens with one attached hydrogen (secondary N) is 1. The highest BCUT2D eigenvalue weighted by atomic mass is 16.5. The molecule has 0 aliphatic rings. The van der Waals surface area contributed by atoms with E-state index in [1.165, 1.54) is 0 Å². The molecule has 0 aromatic carbocycles. The van der Waals surface area contributed by atoms with Crippen molar-refractivity contribution >= 4 is 5.91 Å².